The highest BCUT2D eigenvalue weighted by atomic mass is 16.2. The van der Waals surface area contributed by atoms with Crippen LogP contribution < -0.4 is 5.73 Å². The van der Waals surface area contributed by atoms with Gasteiger partial charge in [-0.25, -0.2) is 0 Å². The third kappa shape index (κ3) is 3.53. The van der Waals surface area contributed by atoms with Crippen molar-refractivity contribution >= 4 is 17.5 Å². The molecule has 0 aliphatic carbocycles. The third-order valence-electron chi connectivity index (χ3n) is 3.94. The highest BCUT2D eigenvalue weighted by molar-refractivity contribution is 5.97. The number of carbonyl (C=O) groups is 2. The Morgan fingerprint density at radius 2 is 1.71 bits per heavy atom. The van der Waals surface area contributed by atoms with Crippen LogP contribution in [0.1, 0.15) is 17.3 Å². The maximum atomic E-state index is 12.5. The lowest BCUT2D eigenvalue weighted by Gasteiger charge is -2.26. The first-order valence-corrected chi connectivity index (χ1v) is 7.62. The van der Waals surface area contributed by atoms with Gasteiger partial charge in [-0.15, -0.1) is 0 Å². The molecule has 1 aromatic heterocycles. The molecule has 0 aliphatic heterocycles. The van der Waals surface area contributed by atoms with E-state index in [1.54, 1.807) is 70.7 Å². The summed E-state index contributed by atoms with van der Waals surface area (Å²) >= 11 is 0. The van der Waals surface area contributed by atoms with E-state index < -0.39 is 6.04 Å². The van der Waals surface area contributed by atoms with Crippen LogP contribution in [0.2, 0.25) is 0 Å². The summed E-state index contributed by atoms with van der Waals surface area (Å²) in [7, 11) is 4.96. The molecule has 0 aliphatic rings. The van der Waals surface area contributed by atoms with Crippen molar-refractivity contribution in [2.75, 3.05) is 26.9 Å². The van der Waals surface area contributed by atoms with Gasteiger partial charge in [0.05, 0.1) is 11.4 Å². The van der Waals surface area contributed by atoms with Gasteiger partial charge in [0.25, 0.3) is 5.91 Å². The van der Waals surface area contributed by atoms with Crippen LogP contribution in [0.3, 0.4) is 0 Å². The van der Waals surface area contributed by atoms with E-state index in [2.05, 4.69) is 4.98 Å². The SMILES string of the molecule is CC(C(=O)N(C)C)N(C)C(=O)c1ccc(-c2ncccc2N)cc1. The second-order valence-corrected chi connectivity index (χ2v) is 5.84. The molecule has 24 heavy (non-hydrogen) atoms. The molecule has 126 valence electrons. The molecular weight excluding hydrogens is 304 g/mol. The summed E-state index contributed by atoms with van der Waals surface area (Å²) in [5.41, 5.74) is 8.53. The Hall–Kier alpha value is -2.89. The average molecular weight is 326 g/mol. The summed E-state index contributed by atoms with van der Waals surface area (Å²) in [4.78, 5) is 31.7. The van der Waals surface area contributed by atoms with Crippen molar-refractivity contribution in [2.24, 2.45) is 0 Å². The molecular formula is C18H22N4O2. The zero-order valence-corrected chi connectivity index (χ0v) is 14.4. The summed E-state index contributed by atoms with van der Waals surface area (Å²) in [5.74, 6) is -0.332. The second kappa shape index (κ2) is 7.12. The molecule has 0 fully saturated rings. The summed E-state index contributed by atoms with van der Waals surface area (Å²) in [6.45, 7) is 1.71. The van der Waals surface area contributed by atoms with E-state index in [0.29, 0.717) is 16.9 Å². The highest BCUT2D eigenvalue weighted by Gasteiger charge is 2.24. The van der Waals surface area contributed by atoms with Crippen LogP contribution in [-0.4, -0.2) is 53.8 Å². The van der Waals surface area contributed by atoms with Crippen molar-refractivity contribution < 1.29 is 9.59 Å². The minimum absolute atomic E-state index is 0.122. The molecule has 0 saturated carbocycles. The molecule has 2 rings (SSSR count). The lowest BCUT2D eigenvalue weighted by atomic mass is 10.1. The van der Waals surface area contributed by atoms with E-state index in [4.69, 9.17) is 5.73 Å². The number of aromatic nitrogens is 1. The number of anilines is 1. The normalized spacial score (nSPS) is 11.7. The predicted octanol–water partition coefficient (Wildman–Crippen LogP) is 1.88. The van der Waals surface area contributed by atoms with Crippen molar-refractivity contribution in [3.63, 3.8) is 0 Å². The topological polar surface area (TPSA) is 79.5 Å². The Kier molecular flexibility index (Phi) is 5.18. The van der Waals surface area contributed by atoms with Gasteiger partial charge in [-0.2, -0.15) is 0 Å². The molecule has 6 nitrogen and oxygen atoms in total. The van der Waals surface area contributed by atoms with Crippen molar-refractivity contribution in [3.8, 4) is 11.3 Å². The fourth-order valence-corrected chi connectivity index (χ4v) is 2.35. The Morgan fingerprint density at radius 3 is 2.25 bits per heavy atom. The van der Waals surface area contributed by atoms with Gasteiger partial charge in [-0.1, -0.05) is 12.1 Å². The Balaban J connectivity index is 2.20. The van der Waals surface area contributed by atoms with Crippen LogP contribution in [-0.2, 0) is 4.79 Å². The molecule has 1 unspecified atom stereocenters. The number of hydrogen-bond donors (Lipinski definition) is 1. The van der Waals surface area contributed by atoms with Crippen LogP contribution in [0.25, 0.3) is 11.3 Å². The number of amides is 2. The summed E-state index contributed by atoms with van der Waals surface area (Å²) in [5, 5.41) is 0. The fourth-order valence-electron chi connectivity index (χ4n) is 2.35. The maximum absolute atomic E-state index is 12.5. The van der Waals surface area contributed by atoms with Gasteiger partial charge < -0.3 is 15.5 Å². The number of likely N-dealkylation sites (N-methyl/N-ethyl adjacent to an activating group) is 2. The largest absolute Gasteiger partial charge is 0.397 e. The minimum Gasteiger partial charge on any atom is -0.397 e. The van der Waals surface area contributed by atoms with Crippen molar-refractivity contribution in [2.45, 2.75) is 13.0 Å². The lowest BCUT2D eigenvalue weighted by molar-refractivity contribution is -0.132. The summed E-state index contributed by atoms with van der Waals surface area (Å²) in [6, 6.07) is 10.1. The number of nitrogens with zero attached hydrogens (tertiary/aromatic N) is 3. The van der Waals surface area contributed by atoms with Crippen molar-refractivity contribution in [1.82, 2.24) is 14.8 Å². The van der Waals surface area contributed by atoms with E-state index in [-0.39, 0.29) is 11.8 Å². The molecule has 1 aromatic carbocycles. The van der Waals surface area contributed by atoms with Gasteiger partial charge in [0.15, 0.2) is 0 Å². The first kappa shape index (κ1) is 17.5. The minimum atomic E-state index is -0.529. The van der Waals surface area contributed by atoms with E-state index in [9.17, 15) is 9.59 Å². The van der Waals surface area contributed by atoms with Crippen LogP contribution >= 0.6 is 0 Å². The van der Waals surface area contributed by atoms with E-state index in [0.717, 1.165) is 5.56 Å². The van der Waals surface area contributed by atoms with Gasteiger partial charge >= 0.3 is 0 Å². The molecule has 0 bridgehead atoms. The number of carbonyl (C=O) groups excluding carboxylic acids is 2. The van der Waals surface area contributed by atoms with E-state index in [1.165, 1.54) is 9.80 Å². The zero-order valence-electron chi connectivity index (χ0n) is 14.4. The molecule has 6 heteroatoms. The fraction of sp³-hybridized carbons (Fsp3) is 0.278. The number of pyridine rings is 1. The monoisotopic (exact) mass is 326 g/mol. The molecule has 1 atom stereocenters. The first-order valence-electron chi connectivity index (χ1n) is 7.62. The Morgan fingerprint density at radius 1 is 1.08 bits per heavy atom. The highest BCUT2D eigenvalue weighted by Crippen LogP contribution is 2.23. The number of nitrogens with two attached hydrogens (primary N) is 1. The quantitative estimate of drug-likeness (QED) is 0.930. The van der Waals surface area contributed by atoms with Crippen molar-refractivity contribution in [1.29, 1.82) is 0 Å². The van der Waals surface area contributed by atoms with Crippen LogP contribution in [0, 0.1) is 0 Å². The van der Waals surface area contributed by atoms with Gasteiger partial charge in [0.1, 0.15) is 6.04 Å². The number of nitrogen functional groups attached to an aromatic ring is 1. The summed E-state index contributed by atoms with van der Waals surface area (Å²) < 4.78 is 0. The molecule has 0 radical (unpaired) electrons. The van der Waals surface area contributed by atoms with E-state index >= 15 is 0 Å². The molecule has 0 spiro atoms. The summed E-state index contributed by atoms with van der Waals surface area (Å²) in [6.07, 6.45) is 1.67. The Bertz CT molecular complexity index is 741. The van der Waals surface area contributed by atoms with Gasteiger partial charge in [-0.3, -0.25) is 14.6 Å². The average Bonchev–Trinajstić information content (AvgIpc) is 2.59. The molecule has 2 N–H and O–H groups in total. The number of rotatable bonds is 4. The first-order chi connectivity index (χ1) is 11.3. The van der Waals surface area contributed by atoms with Crippen molar-refractivity contribution in [3.05, 3.63) is 48.2 Å². The standard InChI is InChI=1S/C18H22N4O2/c1-12(17(23)21(2)3)22(4)18(24)14-9-7-13(8-10-14)16-15(19)6-5-11-20-16/h5-12H,19H2,1-4H3. The van der Waals surface area contributed by atoms with E-state index in [1.807, 2.05) is 0 Å². The number of benzene rings is 1. The van der Waals surface area contributed by atoms with Gasteiger partial charge in [0, 0.05) is 38.5 Å². The Labute approximate surface area is 141 Å². The molecule has 2 aromatic rings. The molecule has 0 saturated heterocycles. The smallest absolute Gasteiger partial charge is 0.254 e. The second-order valence-electron chi connectivity index (χ2n) is 5.84. The van der Waals surface area contributed by atoms with Crippen LogP contribution in [0.15, 0.2) is 42.6 Å². The third-order valence-corrected chi connectivity index (χ3v) is 3.94. The van der Waals surface area contributed by atoms with Gasteiger partial charge in [-0.05, 0) is 31.2 Å². The van der Waals surface area contributed by atoms with Crippen LogP contribution in [0.4, 0.5) is 5.69 Å². The van der Waals surface area contributed by atoms with Gasteiger partial charge in [0.2, 0.25) is 5.91 Å². The maximum Gasteiger partial charge on any atom is 0.254 e. The predicted molar refractivity (Wildman–Crippen MR) is 94.3 cm³/mol. The molecule has 1 heterocycles. The number of hydrogen-bond acceptors (Lipinski definition) is 4. The van der Waals surface area contributed by atoms with Crippen LogP contribution in [0.5, 0.6) is 0 Å². The zero-order chi connectivity index (χ0) is 17.9. The lowest BCUT2D eigenvalue weighted by Crippen LogP contribution is -2.45. The molecule has 2 amide bonds.